The molecule has 0 bridgehead atoms. The van der Waals surface area contributed by atoms with Crippen molar-refractivity contribution in [3.8, 4) is 5.75 Å². The van der Waals surface area contributed by atoms with E-state index >= 15 is 0 Å². The molecule has 1 aromatic rings. The minimum Gasteiger partial charge on any atom is -0.497 e. The molecule has 0 N–H and O–H groups in total. The van der Waals surface area contributed by atoms with E-state index < -0.39 is 0 Å². The second kappa shape index (κ2) is 7.33. The smallest absolute Gasteiger partial charge is 0.319 e. The van der Waals surface area contributed by atoms with Gasteiger partial charge in [0.15, 0.2) is 0 Å². The molecule has 1 rings (SSSR count). The average Bonchev–Trinajstić information content (AvgIpc) is 2.38. The van der Waals surface area contributed by atoms with E-state index in [0.29, 0.717) is 0 Å². The Morgan fingerprint density at radius 3 is 2.47 bits per heavy atom. The Morgan fingerprint density at radius 1 is 1.29 bits per heavy atom. The molecule has 0 aliphatic heterocycles. The molecule has 1 aromatic carbocycles. The fraction of sp³-hybridized carbons (Fsp3) is 0.462. The van der Waals surface area contributed by atoms with Crippen LogP contribution < -0.4 is 4.74 Å². The molecule has 0 unspecified atom stereocenters. The van der Waals surface area contributed by atoms with E-state index in [1.807, 2.05) is 24.3 Å². The summed E-state index contributed by atoms with van der Waals surface area (Å²) in [6, 6.07) is 7.98. The fourth-order valence-electron chi connectivity index (χ4n) is 1.52. The summed E-state index contributed by atoms with van der Waals surface area (Å²) >= 11 is 3.31. The Balaban J connectivity index is 2.33. The Morgan fingerprint density at radius 2 is 1.94 bits per heavy atom. The van der Waals surface area contributed by atoms with E-state index in [1.54, 1.807) is 7.11 Å². The summed E-state index contributed by atoms with van der Waals surface area (Å²) in [7, 11) is 3.06. The van der Waals surface area contributed by atoms with Gasteiger partial charge in [0.1, 0.15) is 10.6 Å². The number of carbonyl (C=O) groups excluding carboxylic acids is 1. The second-order valence-corrected chi connectivity index (χ2v) is 4.84. The number of esters is 1. The van der Waals surface area contributed by atoms with E-state index in [0.717, 1.165) is 25.0 Å². The molecule has 0 amide bonds. The summed E-state index contributed by atoms with van der Waals surface area (Å²) < 4.78 is 9.73. The quantitative estimate of drug-likeness (QED) is 0.598. The molecule has 0 aliphatic carbocycles. The van der Waals surface area contributed by atoms with Gasteiger partial charge >= 0.3 is 5.97 Å². The van der Waals surface area contributed by atoms with Crippen LogP contribution >= 0.6 is 15.9 Å². The Hall–Kier alpha value is -1.03. The monoisotopic (exact) mass is 300 g/mol. The summed E-state index contributed by atoms with van der Waals surface area (Å²) in [5.41, 5.74) is 1.25. The minimum absolute atomic E-state index is 0.203. The van der Waals surface area contributed by atoms with Gasteiger partial charge in [0.2, 0.25) is 0 Å². The van der Waals surface area contributed by atoms with Crippen molar-refractivity contribution in [2.45, 2.75) is 24.1 Å². The summed E-state index contributed by atoms with van der Waals surface area (Å²) in [5, 5.41) is 0. The first-order valence-electron chi connectivity index (χ1n) is 5.52. The Bertz CT molecular complexity index is 348. The van der Waals surface area contributed by atoms with Crippen LogP contribution in [0.3, 0.4) is 0 Å². The van der Waals surface area contributed by atoms with Crippen LogP contribution in [-0.2, 0) is 16.0 Å². The predicted molar refractivity (Wildman–Crippen MR) is 70.7 cm³/mol. The van der Waals surface area contributed by atoms with Gasteiger partial charge in [0, 0.05) is 0 Å². The van der Waals surface area contributed by atoms with Crippen LogP contribution in [0.25, 0.3) is 0 Å². The van der Waals surface area contributed by atoms with Crippen molar-refractivity contribution >= 4 is 21.9 Å². The molecule has 0 radical (unpaired) electrons. The van der Waals surface area contributed by atoms with Gasteiger partial charge in [-0.1, -0.05) is 28.1 Å². The van der Waals surface area contributed by atoms with Crippen LogP contribution in [0.5, 0.6) is 5.75 Å². The lowest BCUT2D eigenvalue weighted by atomic mass is 10.1. The fourth-order valence-corrected chi connectivity index (χ4v) is 2.03. The van der Waals surface area contributed by atoms with Crippen LogP contribution in [0.2, 0.25) is 0 Å². The van der Waals surface area contributed by atoms with Crippen molar-refractivity contribution in [2.24, 2.45) is 0 Å². The van der Waals surface area contributed by atoms with E-state index in [4.69, 9.17) is 4.74 Å². The second-order valence-electron chi connectivity index (χ2n) is 3.73. The SMILES string of the molecule is COC(=O)[C@H](Br)CCCc1ccc(OC)cc1. The van der Waals surface area contributed by atoms with Crippen LogP contribution in [-0.4, -0.2) is 25.0 Å². The third-order valence-corrected chi connectivity index (χ3v) is 3.37. The van der Waals surface area contributed by atoms with Gasteiger partial charge in [-0.05, 0) is 37.0 Å². The van der Waals surface area contributed by atoms with E-state index in [-0.39, 0.29) is 10.8 Å². The Kier molecular flexibility index (Phi) is 6.05. The standard InChI is InChI=1S/C13H17BrO3/c1-16-11-8-6-10(7-9-11)4-3-5-12(14)13(15)17-2/h6-9,12H,3-5H2,1-2H3/t12-/m1/s1. The van der Waals surface area contributed by atoms with Crippen LogP contribution in [0.4, 0.5) is 0 Å². The summed E-state index contributed by atoms with van der Waals surface area (Å²) in [5.74, 6) is 0.654. The van der Waals surface area contributed by atoms with Gasteiger partial charge < -0.3 is 9.47 Å². The number of rotatable bonds is 6. The lowest BCUT2D eigenvalue weighted by Gasteiger charge is -2.07. The van der Waals surface area contributed by atoms with Gasteiger partial charge in [0.05, 0.1) is 14.2 Å². The Labute approximate surface area is 110 Å². The normalized spacial score (nSPS) is 11.9. The lowest BCUT2D eigenvalue weighted by Crippen LogP contribution is -2.15. The van der Waals surface area contributed by atoms with Crippen LogP contribution in [0.15, 0.2) is 24.3 Å². The third-order valence-electron chi connectivity index (χ3n) is 2.54. The number of halogens is 1. The van der Waals surface area contributed by atoms with Crippen molar-refractivity contribution in [3.05, 3.63) is 29.8 Å². The maximum atomic E-state index is 11.2. The van der Waals surface area contributed by atoms with Crippen molar-refractivity contribution in [2.75, 3.05) is 14.2 Å². The number of benzene rings is 1. The van der Waals surface area contributed by atoms with Crippen LogP contribution in [0, 0.1) is 0 Å². The zero-order chi connectivity index (χ0) is 12.7. The molecule has 0 aromatic heterocycles. The van der Waals surface area contributed by atoms with Crippen molar-refractivity contribution < 1.29 is 14.3 Å². The number of carbonyl (C=O) groups is 1. The van der Waals surface area contributed by atoms with Crippen molar-refractivity contribution in [1.82, 2.24) is 0 Å². The van der Waals surface area contributed by atoms with E-state index in [2.05, 4.69) is 20.7 Å². The lowest BCUT2D eigenvalue weighted by molar-refractivity contribution is -0.139. The highest BCUT2D eigenvalue weighted by Crippen LogP contribution is 2.16. The van der Waals surface area contributed by atoms with Crippen molar-refractivity contribution in [3.63, 3.8) is 0 Å². The van der Waals surface area contributed by atoms with E-state index in [9.17, 15) is 4.79 Å². The highest BCUT2D eigenvalue weighted by molar-refractivity contribution is 9.10. The van der Waals surface area contributed by atoms with Crippen molar-refractivity contribution in [1.29, 1.82) is 0 Å². The third kappa shape index (κ3) is 4.77. The van der Waals surface area contributed by atoms with E-state index in [1.165, 1.54) is 12.7 Å². The number of aryl methyl sites for hydroxylation is 1. The molecule has 1 atom stereocenters. The molecule has 4 heteroatoms. The number of hydrogen-bond donors (Lipinski definition) is 0. The van der Waals surface area contributed by atoms with Gasteiger partial charge in [0.25, 0.3) is 0 Å². The number of hydrogen-bond acceptors (Lipinski definition) is 3. The maximum absolute atomic E-state index is 11.2. The first-order chi connectivity index (χ1) is 8.17. The zero-order valence-electron chi connectivity index (χ0n) is 10.1. The zero-order valence-corrected chi connectivity index (χ0v) is 11.7. The largest absolute Gasteiger partial charge is 0.497 e. The van der Waals surface area contributed by atoms with Gasteiger partial charge in [-0.15, -0.1) is 0 Å². The number of alkyl halides is 1. The van der Waals surface area contributed by atoms with Gasteiger partial charge in [-0.25, -0.2) is 0 Å². The molecule has 17 heavy (non-hydrogen) atoms. The number of ether oxygens (including phenoxy) is 2. The van der Waals surface area contributed by atoms with Gasteiger partial charge in [-0.3, -0.25) is 4.79 Å². The molecule has 0 aliphatic rings. The molecular formula is C13H17BrO3. The molecule has 0 saturated carbocycles. The maximum Gasteiger partial charge on any atom is 0.319 e. The topological polar surface area (TPSA) is 35.5 Å². The molecular weight excluding hydrogens is 284 g/mol. The molecule has 0 spiro atoms. The highest BCUT2D eigenvalue weighted by atomic mass is 79.9. The first kappa shape index (κ1) is 14.0. The predicted octanol–water partition coefficient (Wildman–Crippen LogP) is 2.95. The summed E-state index contributed by atoms with van der Waals surface area (Å²) in [6.07, 6.45) is 2.67. The van der Waals surface area contributed by atoms with Gasteiger partial charge in [-0.2, -0.15) is 0 Å². The molecule has 3 nitrogen and oxygen atoms in total. The minimum atomic E-state index is -0.209. The summed E-state index contributed by atoms with van der Waals surface area (Å²) in [6.45, 7) is 0. The summed E-state index contributed by atoms with van der Waals surface area (Å²) in [4.78, 5) is 10.9. The molecule has 0 heterocycles. The highest BCUT2D eigenvalue weighted by Gasteiger charge is 2.14. The number of methoxy groups -OCH3 is 2. The molecule has 94 valence electrons. The van der Waals surface area contributed by atoms with Crippen LogP contribution in [0.1, 0.15) is 18.4 Å². The average molecular weight is 301 g/mol. The molecule has 0 saturated heterocycles. The molecule has 0 fully saturated rings. The first-order valence-corrected chi connectivity index (χ1v) is 6.43.